The van der Waals surface area contributed by atoms with Gasteiger partial charge in [0.1, 0.15) is 5.75 Å². The van der Waals surface area contributed by atoms with Gasteiger partial charge in [-0.05, 0) is 30.5 Å². The number of fused-ring (bicyclic) bond motifs is 1. The van der Waals surface area contributed by atoms with Crippen LogP contribution < -0.4 is 4.74 Å². The predicted octanol–water partition coefficient (Wildman–Crippen LogP) is 2.13. The van der Waals surface area contributed by atoms with Gasteiger partial charge in [0.05, 0.1) is 24.7 Å². The number of hydrogen-bond donors (Lipinski definition) is 0. The van der Waals surface area contributed by atoms with Crippen molar-refractivity contribution in [3.8, 4) is 5.75 Å². The fraction of sp³-hybridized carbons (Fsp3) is 0.556. The van der Waals surface area contributed by atoms with E-state index in [9.17, 15) is 13.2 Å². The number of rotatable bonds is 6. The highest BCUT2D eigenvalue weighted by Gasteiger charge is 2.48. The molecule has 1 aromatic rings. The molecule has 8 heteroatoms. The number of hydrogen-bond acceptors (Lipinski definition) is 5. The Hall–Kier alpha value is -1.54. The third kappa shape index (κ3) is 4.40. The first kappa shape index (κ1) is 19.2. The zero-order valence-electron chi connectivity index (χ0n) is 15.1. The topological polar surface area (TPSA) is 76.0 Å². The standard InChI is InChI=1S/C18H24N2O4S2/c1-3-4-17(21)19-18-20(15-11-26(22,23)12-16(15)25-18)10-9-13-5-7-14(24-2)8-6-13/h5-8,15-16H,3-4,9-12H2,1-2H3/t15-,16-/m1/s1. The molecule has 0 unspecified atom stereocenters. The molecule has 0 spiro atoms. The summed E-state index contributed by atoms with van der Waals surface area (Å²) in [4.78, 5) is 18.3. The van der Waals surface area contributed by atoms with E-state index in [1.54, 1.807) is 7.11 Å². The first-order valence-electron chi connectivity index (χ1n) is 8.80. The zero-order chi connectivity index (χ0) is 18.7. The summed E-state index contributed by atoms with van der Waals surface area (Å²) in [7, 11) is -1.38. The van der Waals surface area contributed by atoms with E-state index in [2.05, 4.69) is 4.99 Å². The number of benzene rings is 1. The molecular weight excluding hydrogens is 372 g/mol. The van der Waals surface area contributed by atoms with Crippen molar-refractivity contribution in [2.24, 2.45) is 4.99 Å². The van der Waals surface area contributed by atoms with Gasteiger partial charge in [-0.15, -0.1) is 0 Å². The van der Waals surface area contributed by atoms with E-state index in [0.717, 1.165) is 24.2 Å². The predicted molar refractivity (Wildman–Crippen MR) is 105 cm³/mol. The average molecular weight is 397 g/mol. The van der Waals surface area contributed by atoms with E-state index < -0.39 is 9.84 Å². The molecule has 0 aliphatic carbocycles. The summed E-state index contributed by atoms with van der Waals surface area (Å²) in [5, 5.41) is 0.658. The Morgan fingerprint density at radius 1 is 1.31 bits per heavy atom. The fourth-order valence-electron chi connectivity index (χ4n) is 3.32. The number of thioether (sulfide) groups is 1. The maximum Gasteiger partial charge on any atom is 0.248 e. The number of nitrogens with zero attached hydrogens (tertiary/aromatic N) is 2. The Bertz CT molecular complexity index is 790. The van der Waals surface area contributed by atoms with Crippen LogP contribution in [0.15, 0.2) is 29.3 Å². The molecule has 0 saturated carbocycles. The first-order chi connectivity index (χ1) is 12.4. The van der Waals surface area contributed by atoms with Crippen molar-refractivity contribution in [3.63, 3.8) is 0 Å². The lowest BCUT2D eigenvalue weighted by atomic mass is 10.1. The van der Waals surface area contributed by atoms with Gasteiger partial charge in [0, 0.05) is 18.2 Å². The Morgan fingerprint density at radius 2 is 2.04 bits per heavy atom. The lowest BCUT2D eigenvalue weighted by molar-refractivity contribution is -0.117. The van der Waals surface area contributed by atoms with Crippen LogP contribution in [0.25, 0.3) is 0 Å². The summed E-state index contributed by atoms with van der Waals surface area (Å²) in [5.41, 5.74) is 1.14. The number of amidine groups is 1. The molecule has 0 aromatic heterocycles. The quantitative estimate of drug-likeness (QED) is 0.733. The SMILES string of the molecule is CCCC(=O)N=C1S[C@@H]2CS(=O)(=O)C[C@H]2N1CCc1ccc(OC)cc1. The fourth-order valence-corrected chi connectivity index (χ4v) is 7.31. The Morgan fingerprint density at radius 3 is 2.69 bits per heavy atom. The van der Waals surface area contributed by atoms with E-state index in [4.69, 9.17) is 4.74 Å². The molecule has 2 aliphatic heterocycles. The minimum absolute atomic E-state index is 0.0240. The summed E-state index contributed by atoms with van der Waals surface area (Å²) >= 11 is 1.44. The van der Waals surface area contributed by atoms with Gasteiger partial charge in [0.15, 0.2) is 15.0 Å². The molecule has 1 aromatic carbocycles. The number of ether oxygens (including phenoxy) is 1. The van der Waals surface area contributed by atoms with Crippen molar-refractivity contribution in [1.82, 2.24) is 4.90 Å². The number of amides is 1. The van der Waals surface area contributed by atoms with Crippen LogP contribution in [0.1, 0.15) is 25.3 Å². The minimum atomic E-state index is -3.01. The van der Waals surface area contributed by atoms with Crippen LogP contribution in [0.4, 0.5) is 0 Å². The molecule has 2 saturated heterocycles. The van der Waals surface area contributed by atoms with Crippen LogP contribution in [0.5, 0.6) is 5.75 Å². The second-order valence-corrected chi connectivity index (χ2v) is 9.99. The molecule has 0 radical (unpaired) electrons. The van der Waals surface area contributed by atoms with Crippen LogP contribution in [-0.4, -0.2) is 60.8 Å². The van der Waals surface area contributed by atoms with Gasteiger partial charge in [-0.3, -0.25) is 4.79 Å². The summed E-state index contributed by atoms with van der Waals surface area (Å²) < 4.78 is 29.2. The van der Waals surface area contributed by atoms with Crippen molar-refractivity contribution >= 4 is 32.7 Å². The molecule has 2 aliphatic rings. The number of carbonyl (C=O) groups is 1. The van der Waals surface area contributed by atoms with Gasteiger partial charge in [-0.25, -0.2) is 8.42 Å². The molecule has 0 N–H and O–H groups in total. The second kappa shape index (κ2) is 8.00. The van der Waals surface area contributed by atoms with E-state index in [0.29, 0.717) is 18.1 Å². The van der Waals surface area contributed by atoms with Crippen LogP contribution >= 0.6 is 11.8 Å². The van der Waals surface area contributed by atoms with Gasteiger partial charge >= 0.3 is 0 Å². The normalized spacial score (nSPS) is 25.5. The monoisotopic (exact) mass is 396 g/mol. The van der Waals surface area contributed by atoms with Crippen LogP contribution in [0, 0.1) is 0 Å². The number of sulfone groups is 1. The number of aliphatic imine (C=N–C) groups is 1. The second-order valence-electron chi connectivity index (χ2n) is 6.63. The molecule has 3 rings (SSSR count). The number of carbonyl (C=O) groups excluding carboxylic acids is 1. The van der Waals surface area contributed by atoms with Gasteiger partial charge in [-0.1, -0.05) is 30.8 Å². The highest BCUT2D eigenvalue weighted by Crippen LogP contribution is 2.38. The van der Waals surface area contributed by atoms with Crippen LogP contribution in [0.2, 0.25) is 0 Å². The van der Waals surface area contributed by atoms with Crippen LogP contribution in [-0.2, 0) is 21.1 Å². The molecule has 26 heavy (non-hydrogen) atoms. The zero-order valence-corrected chi connectivity index (χ0v) is 16.7. The smallest absolute Gasteiger partial charge is 0.248 e. The van der Waals surface area contributed by atoms with Gasteiger partial charge in [0.25, 0.3) is 0 Å². The van der Waals surface area contributed by atoms with Gasteiger partial charge in [-0.2, -0.15) is 4.99 Å². The molecule has 1 amide bonds. The summed E-state index contributed by atoms with van der Waals surface area (Å²) in [6.07, 6.45) is 1.94. The summed E-state index contributed by atoms with van der Waals surface area (Å²) in [6, 6.07) is 7.75. The van der Waals surface area contributed by atoms with Crippen molar-refractivity contribution in [1.29, 1.82) is 0 Å². The van der Waals surface area contributed by atoms with E-state index in [1.165, 1.54) is 11.8 Å². The van der Waals surface area contributed by atoms with E-state index in [-0.39, 0.29) is 28.7 Å². The minimum Gasteiger partial charge on any atom is -0.497 e. The van der Waals surface area contributed by atoms with Crippen molar-refractivity contribution in [2.75, 3.05) is 25.2 Å². The lowest BCUT2D eigenvalue weighted by Gasteiger charge is -2.24. The molecule has 142 valence electrons. The number of methoxy groups -OCH3 is 1. The molecule has 0 bridgehead atoms. The Balaban J connectivity index is 1.75. The van der Waals surface area contributed by atoms with Crippen LogP contribution in [0.3, 0.4) is 0 Å². The molecule has 2 heterocycles. The van der Waals surface area contributed by atoms with Crippen molar-refractivity contribution < 1.29 is 17.9 Å². The third-order valence-electron chi connectivity index (χ3n) is 4.66. The van der Waals surface area contributed by atoms with Crippen molar-refractivity contribution in [3.05, 3.63) is 29.8 Å². The molecular formula is C18H24N2O4S2. The summed E-state index contributed by atoms with van der Waals surface area (Å²) in [6.45, 7) is 2.59. The largest absolute Gasteiger partial charge is 0.497 e. The highest BCUT2D eigenvalue weighted by atomic mass is 32.2. The highest BCUT2D eigenvalue weighted by molar-refractivity contribution is 8.15. The maximum absolute atomic E-state index is 12.0. The molecule has 2 atom stereocenters. The molecule has 2 fully saturated rings. The summed E-state index contributed by atoms with van der Waals surface area (Å²) in [5.74, 6) is 0.989. The first-order valence-corrected chi connectivity index (χ1v) is 11.5. The Labute approximate surface area is 158 Å². The third-order valence-corrected chi connectivity index (χ3v) is 7.91. The van der Waals surface area contributed by atoms with E-state index >= 15 is 0 Å². The van der Waals surface area contributed by atoms with Gasteiger partial charge < -0.3 is 9.64 Å². The lowest BCUT2D eigenvalue weighted by Crippen LogP contribution is -2.39. The van der Waals surface area contributed by atoms with Gasteiger partial charge in [0.2, 0.25) is 5.91 Å². The Kier molecular flexibility index (Phi) is 5.92. The average Bonchev–Trinajstić information content (AvgIpc) is 3.05. The van der Waals surface area contributed by atoms with Crippen molar-refractivity contribution in [2.45, 2.75) is 37.5 Å². The maximum atomic E-state index is 12.0. The van der Waals surface area contributed by atoms with E-state index in [1.807, 2.05) is 36.1 Å². The molecule has 6 nitrogen and oxygen atoms in total.